The highest BCUT2D eigenvalue weighted by atomic mass is 16.3. The highest BCUT2D eigenvalue weighted by Crippen LogP contribution is 2.30. The number of nitrogens with one attached hydrogen (secondary N) is 1. The molecule has 0 unspecified atom stereocenters. The number of hydrogen-bond donors (Lipinski definition) is 2. The van der Waals surface area contributed by atoms with Crippen LogP contribution in [0.15, 0.2) is 42.1 Å². The quantitative estimate of drug-likeness (QED) is 0.654. The maximum Gasteiger partial charge on any atom is 0.253 e. The molecule has 0 heterocycles. The van der Waals surface area contributed by atoms with E-state index in [4.69, 9.17) is 0 Å². The lowest BCUT2D eigenvalue weighted by molar-refractivity contribution is -0.112. The third-order valence-corrected chi connectivity index (χ3v) is 4.14. The van der Waals surface area contributed by atoms with Gasteiger partial charge in [-0.15, -0.1) is 0 Å². The highest BCUT2D eigenvalue weighted by molar-refractivity contribution is 6.52. The van der Waals surface area contributed by atoms with E-state index in [1.165, 1.54) is 0 Å². The van der Waals surface area contributed by atoms with Crippen LogP contribution in [0.2, 0.25) is 0 Å². The van der Waals surface area contributed by atoms with Gasteiger partial charge in [0.25, 0.3) is 5.78 Å². The molecule has 118 valence electrons. The van der Waals surface area contributed by atoms with Gasteiger partial charge >= 0.3 is 0 Å². The van der Waals surface area contributed by atoms with Crippen molar-refractivity contribution in [3.05, 3.63) is 53.2 Å². The zero-order chi connectivity index (χ0) is 16.4. The number of carbonyl (C=O) groups excluding carboxylic acids is 2. The number of Topliss-reactive ketones (excluding diaryl/α,β-unsaturated/α-hetero) is 2. The molecule has 0 fully saturated rings. The van der Waals surface area contributed by atoms with E-state index in [1.807, 2.05) is 24.3 Å². The molecule has 0 radical (unpaired) electrons. The molecule has 0 saturated heterocycles. The molecule has 0 atom stereocenters. The summed E-state index contributed by atoms with van der Waals surface area (Å²) in [5.41, 5.74) is 0.713. The van der Waals surface area contributed by atoms with Crippen molar-refractivity contribution >= 4 is 28.1 Å². The average Bonchev–Trinajstić information content (AvgIpc) is 2.58. The second kappa shape index (κ2) is 6.24. The molecule has 0 saturated carbocycles. The molecular formula is C19H19NO3. The van der Waals surface area contributed by atoms with Crippen LogP contribution in [0.5, 0.6) is 0 Å². The lowest BCUT2D eigenvalue weighted by Crippen LogP contribution is -2.32. The summed E-state index contributed by atoms with van der Waals surface area (Å²) in [5, 5.41) is 15.2. The minimum atomic E-state index is -0.665. The Kier molecular flexibility index (Phi) is 4.15. The first-order chi connectivity index (χ1) is 11.1. The van der Waals surface area contributed by atoms with Gasteiger partial charge in [-0.2, -0.15) is 0 Å². The van der Waals surface area contributed by atoms with Crippen molar-refractivity contribution in [3.8, 4) is 0 Å². The molecule has 0 spiro atoms. The predicted octanol–water partition coefficient (Wildman–Crippen LogP) is 3.61. The van der Waals surface area contributed by atoms with E-state index in [9.17, 15) is 14.7 Å². The van der Waals surface area contributed by atoms with E-state index < -0.39 is 11.6 Å². The van der Waals surface area contributed by atoms with Crippen LogP contribution in [0.3, 0.4) is 0 Å². The second-order valence-corrected chi connectivity index (χ2v) is 5.76. The van der Waals surface area contributed by atoms with Crippen LogP contribution in [0.25, 0.3) is 16.5 Å². The standard InChI is InChI=1S/C19H19NO3/c1-2-3-6-9-20-16-17(21)14-10-12-7-4-5-8-13(12)11-15(14)18(22)19(16)23/h4-5,7-8,10-11,20-21H,2-3,6,9H2,1H3. The van der Waals surface area contributed by atoms with Crippen molar-refractivity contribution in [2.24, 2.45) is 0 Å². The minimum Gasteiger partial charge on any atom is -0.505 e. The smallest absolute Gasteiger partial charge is 0.253 e. The number of rotatable bonds is 5. The van der Waals surface area contributed by atoms with E-state index in [-0.39, 0.29) is 17.0 Å². The van der Waals surface area contributed by atoms with Gasteiger partial charge in [0.15, 0.2) is 5.76 Å². The number of allylic oxidation sites excluding steroid dienone is 1. The molecule has 23 heavy (non-hydrogen) atoms. The van der Waals surface area contributed by atoms with E-state index in [2.05, 4.69) is 12.2 Å². The summed E-state index contributed by atoms with van der Waals surface area (Å²) in [4.78, 5) is 24.6. The third kappa shape index (κ3) is 2.72. The summed E-state index contributed by atoms with van der Waals surface area (Å²) >= 11 is 0. The van der Waals surface area contributed by atoms with Gasteiger partial charge in [0, 0.05) is 17.7 Å². The fraction of sp³-hybridized carbons (Fsp3) is 0.263. The Morgan fingerprint density at radius 2 is 1.61 bits per heavy atom. The molecule has 2 aromatic carbocycles. The molecule has 3 rings (SSSR count). The number of carbonyl (C=O) groups is 2. The maximum atomic E-state index is 12.4. The Morgan fingerprint density at radius 3 is 2.26 bits per heavy atom. The zero-order valence-corrected chi connectivity index (χ0v) is 13.1. The number of ketones is 2. The normalized spacial score (nSPS) is 14.3. The highest BCUT2D eigenvalue weighted by Gasteiger charge is 2.33. The van der Waals surface area contributed by atoms with Crippen LogP contribution in [-0.2, 0) is 4.79 Å². The third-order valence-electron chi connectivity index (χ3n) is 4.14. The number of aliphatic hydroxyl groups excluding tert-OH is 1. The van der Waals surface area contributed by atoms with Crippen molar-refractivity contribution in [1.82, 2.24) is 5.32 Å². The van der Waals surface area contributed by atoms with Crippen LogP contribution in [0.1, 0.15) is 42.1 Å². The van der Waals surface area contributed by atoms with Crippen molar-refractivity contribution in [2.75, 3.05) is 6.54 Å². The molecule has 2 aromatic rings. The minimum absolute atomic E-state index is 0.0221. The molecule has 0 bridgehead atoms. The number of aliphatic hydroxyl groups is 1. The molecule has 2 N–H and O–H groups in total. The topological polar surface area (TPSA) is 66.4 Å². The van der Waals surface area contributed by atoms with Gasteiger partial charge in [-0.3, -0.25) is 9.59 Å². The van der Waals surface area contributed by atoms with Gasteiger partial charge in [0.1, 0.15) is 5.70 Å². The first-order valence-electron chi connectivity index (χ1n) is 7.92. The lowest BCUT2D eigenvalue weighted by atomic mass is 9.89. The van der Waals surface area contributed by atoms with Crippen LogP contribution in [-0.4, -0.2) is 23.2 Å². The molecule has 1 aliphatic carbocycles. The molecular weight excluding hydrogens is 290 g/mol. The van der Waals surface area contributed by atoms with Gasteiger partial charge in [0.2, 0.25) is 5.78 Å². The number of hydrogen-bond acceptors (Lipinski definition) is 4. The summed E-state index contributed by atoms with van der Waals surface area (Å²) < 4.78 is 0. The molecule has 0 amide bonds. The van der Waals surface area contributed by atoms with E-state index in [1.54, 1.807) is 12.1 Å². The lowest BCUT2D eigenvalue weighted by Gasteiger charge is -2.19. The fourth-order valence-electron chi connectivity index (χ4n) is 2.85. The molecule has 4 heteroatoms. The number of unbranched alkanes of at least 4 members (excludes halogenated alkanes) is 2. The van der Waals surface area contributed by atoms with Crippen molar-refractivity contribution in [1.29, 1.82) is 0 Å². The Labute approximate surface area is 134 Å². The van der Waals surface area contributed by atoms with Gasteiger partial charge in [-0.1, -0.05) is 44.0 Å². The van der Waals surface area contributed by atoms with Crippen molar-refractivity contribution < 1.29 is 14.7 Å². The Bertz CT molecular complexity index is 820. The zero-order valence-electron chi connectivity index (χ0n) is 13.1. The summed E-state index contributed by atoms with van der Waals surface area (Å²) in [6.07, 6.45) is 2.98. The Morgan fingerprint density at radius 1 is 0.957 bits per heavy atom. The van der Waals surface area contributed by atoms with Gasteiger partial charge < -0.3 is 10.4 Å². The van der Waals surface area contributed by atoms with E-state index in [0.29, 0.717) is 12.1 Å². The van der Waals surface area contributed by atoms with Gasteiger partial charge in [-0.05, 0) is 29.3 Å². The van der Waals surface area contributed by atoms with Crippen molar-refractivity contribution in [2.45, 2.75) is 26.2 Å². The van der Waals surface area contributed by atoms with Crippen LogP contribution >= 0.6 is 0 Å². The first kappa shape index (κ1) is 15.3. The second-order valence-electron chi connectivity index (χ2n) is 5.76. The summed E-state index contributed by atoms with van der Waals surface area (Å²) in [6.45, 7) is 2.66. The van der Waals surface area contributed by atoms with Crippen LogP contribution in [0, 0.1) is 0 Å². The fourth-order valence-corrected chi connectivity index (χ4v) is 2.85. The number of benzene rings is 2. The summed E-state index contributed by atoms with van der Waals surface area (Å²) in [5.74, 6) is -1.37. The van der Waals surface area contributed by atoms with Crippen LogP contribution < -0.4 is 5.32 Å². The van der Waals surface area contributed by atoms with E-state index >= 15 is 0 Å². The predicted molar refractivity (Wildman–Crippen MR) is 90.4 cm³/mol. The largest absolute Gasteiger partial charge is 0.505 e. The van der Waals surface area contributed by atoms with Gasteiger partial charge in [-0.25, -0.2) is 0 Å². The number of fused-ring (bicyclic) bond motifs is 2. The molecule has 0 aromatic heterocycles. The first-order valence-corrected chi connectivity index (χ1v) is 7.92. The van der Waals surface area contributed by atoms with E-state index in [0.717, 1.165) is 30.0 Å². The molecule has 4 nitrogen and oxygen atoms in total. The summed E-state index contributed by atoms with van der Waals surface area (Å²) in [7, 11) is 0. The SMILES string of the molecule is CCCCCNC1=C(O)c2cc3ccccc3cc2C(=O)C1=O. The molecule has 1 aliphatic rings. The monoisotopic (exact) mass is 309 g/mol. The maximum absolute atomic E-state index is 12.4. The molecule has 0 aliphatic heterocycles. The van der Waals surface area contributed by atoms with Crippen LogP contribution in [0.4, 0.5) is 0 Å². The Balaban J connectivity index is 2.03. The average molecular weight is 309 g/mol. The van der Waals surface area contributed by atoms with Crippen molar-refractivity contribution in [3.63, 3.8) is 0 Å². The summed E-state index contributed by atoms with van der Waals surface area (Å²) in [6, 6.07) is 11.0. The van der Waals surface area contributed by atoms with Gasteiger partial charge in [0.05, 0.1) is 0 Å². The Hall–Kier alpha value is -2.62.